The third kappa shape index (κ3) is 6.67. The summed E-state index contributed by atoms with van der Waals surface area (Å²) < 4.78 is 4.89. The summed E-state index contributed by atoms with van der Waals surface area (Å²) in [5, 5.41) is 7.02. The molecule has 0 spiro atoms. The average molecular weight is 506 g/mol. The quantitative estimate of drug-likeness (QED) is 0.384. The number of ether oxygens (including phenoxy) is 1. The molecule has 0 radical (unpaired) electrons. The van der Waals surface area contributed by atoms with Gasteiger partial charge in [0, 0.05) is 54.9 Å². The van der Waals surface area contributed by atoms with Gasteiger partial charge in [0.25, 0.3) is 5.91 Å². The van der Waals surface area contributed by atoms with E-state index in [2.05, 4.69) is 21.7 Å². The number of likely N-dealkylation sites (tertiary alicyclic amines) is 1. The van der Waals surface area contributed by atoms with E-state index in [1.807, 2.05) is 43.5 Å². The fourth-order valence-electron chi connectivity index (χ4n) is 4.80. The van der Waals surface area contributed by atoms with E-state index in [0.29, 0.717) is 31.8 Å². The molecule has 0 bridgehead atoms. The summed E-state index contributed by atoms with van der Waals surface area (Å²) in [7, 11) is 0. The van der Waals surface area contributed by atoms with E-state index in [4.69, 9.17) is 9.72 Å². The molecule has 3 N–H and O–H groups in total. The lowest BCUT2D eigenvalue weighted by Gasteiger charge is -2.32. The lowest BCUT2D eigenvalue weighted by Crippen LogP contribution is -2.45. The SMILES string of the molecule is CCOC(=O)CCNC(=O)N1CCC(c2nc(C)ccc2C(=O)NCCc2c[nH]c3ccccc23)CC1. The number of carbonyl (C=O) groups is 3. The van der Waals surface area contributed by atoms with Crippen LogP contribution in [0.5, 0.6) is 0 Å². The maximum absolute atomic E-state index is 13.1. The van der Waals surface area contributed by atoms with Gasteiger partial charge in [-0.05, 0) is 56.9 Å². The van der Waals surface area contributed by atoms with Gasteiger partial charge in [0.1, 0.15) is 0 Å². The van der Waals surface area contributed by atoms with Crippen LogP contribution in [0.25, 0.3) is 10.9 Å². The summed E-state index contributed by atoms with van der Waals surface area (Å²) in [5.74, 6) is -0.349. The minimum Gasteiger partial charge on any atom is -0.466 e. The Morgan fingerprint density at radius 3 is 2.65 bits per heavy atom. The Bertz CT molecular complexity index is 1250. The van der Waals surface area contributed by atoms with Gasteiger partial charge in [0.2, 0.25) is 0 Å². The fraction of sp³-hybridized carbons (Fsp3) is 0.429. The Kier molecular flexibility index (Phi) is 8.77. The van der Waals surface area contributed by atoms with Crippen LogP contribution in [0, 0.1) is 6.92 Å². The number of rotatable bonds is 9. The summed E-state index contributed by atoms with van der Waals surface area (Å²) in [5.41, 5.74) is 4.53. The molecule has 3 heterocycles. The van der Waals surface area contributed by atoms with Crippen LogP contribution in [-0.2, 0) is 16.0 Å². The molecule has 0 saturated carbocycles. The smallest absolute Gasteiger partial charge is 0.317 e. The van der Waals surface area contributed by atoms with E-state index in [1.54, 1.807) is 11.8 Å². The van der Waals surface area contributed by atoms with Gasteiger partial charge in [-0.1, -0.05) is 18.2 Å². The van der Waals surface area contributed by atoms with Gasteiger partial charge < -0.3 is 25.3 Å². The second-order valence-electron chi connectivity index (χ2n) is 9.30. The number of H-pyrrole nitrogens is 1. The van der Waals surface area contributed by atoms with Crippen molar-refractivity contribution in [3.05, 3.63) is 65.1 Å². The van der Waals surface area contributed by atoms with E-state index < -0.39 is 0 Å². The zero-order chi connectivity index (χ0) is 26.2. The summed E-state index contributed by atoms with van der Waals surface area (Å²) in [6, 6.07) is 11.7. The zero-order valence-electron chi connectivity index (χ0n) is 21.5. The molecule has 3 aromatic rings. The lowest BCUT2D eigenvalue weighted by atomic mass is 9.90. The molecule has 4 rings (SSSR count). The first-order valence-corrected chi connectivity index (χ1v) is 13.0. The second-order valence-corrected chi connectivity index (χ2v) is 9.30. The van der Waals surface area contributed by atoms with Crippen LogP contribution >= 0.6 is 0 Å². The molecular formula is C28H35N5O4. The van der Waals surface area contributed by atoms with E-state index in [9.17, 15) is 14.4 Å². The minimum atomic E-state index is -0.320. The molecule has 0 aliphatic carbocycles. The van der Waals surface area contributed by atoms with Crippen LogP contribution in [0.4, 0.5) is 4.79 Å². The van der Waals surface area contributed by atoms with Crippen molar-refractivity contribution in [1.82, 2.24) is 25.5 Å². The Morgan fingerprint density at radius 2 is 1.86 bits per heavy atom. The van der Waals surface area contributed by atoms with Gasteiger partial charge in [-0.25, -0.2) is 4.79 Å². The largest absolute Gasteiger partial charge is 0.466 e. The maximum atomic E-state index is 13.1. The lowest BCUT2D eigenvalue weighted by molar-refractivity contribution is -0.142. The molecule has 196 valence electrons. The highest BCUT2D eigenvalue weighted by Crippen LogP contribution is 2.29. The fourth-order valence-corrected chi connectivity index (χ4v) is 4.80. The van der Waals surface area contributed by atoms with E-state index in [-0.39, 0.29) is 36.8 Å². The van der Waals surface area contributed by atoms with Crippen molar-refractivity contribution in [3.63, 3.8) is 0 Å². The van der Waals surface area contributed by atoms with Crippen LogP contribution < -0.4 is 10.6 Å². The Morgan fingerprint density at radius 1 is 1.08 bits per heavy atom. The van der Waals surface area contributed by atoms with Crippen molar-refractivity contribution in [2.75, 3.05) is 32.8 Å². The highest BCUT2D eigenvalue weighted by Gasteiger charge is 2.28. The Labute approximate surface area is 217 Å². The predicted molar refractivity (Wildman–Crippen MR) is 142 cm³/mol. The number of para-hydroxylation sites is 1. The van der Waals surface area contributed by atoms with Crippen molar-refractivity contribution in [2.45, 2.75) is 45.4 Å². The number of piperidine rings is 1. The molecule has 2 aromatic heterocycles. The number of urea groups is 1. The standard InChI is InChI=1S/C28H35N5O4/c1-3-37-25(34)11-15-30-28(36)33-16-12-20(13-17-33)26-23(9-8-19(2)32-26)27(35)29-14-10-21-18-31-24-7-5-4-6-22(21)24/h4-9,18,20,31H,3,10-17H2,1-2H3,(H,29,35)(H,30,36). The molecule has 1 aromatic carbocycles. The number of aryl methyl sites for hydroxylation is 1. The molecular weight excluding hydrogens is 470 g/mol. The van der Waals surface area contributed by atoms with Gasteiger partial charge in [0.05, 0.1) is 24.3 Å². The van der Waals surface area contributed by atoms with Gasteiger partial charge >= 0.3 is 12.0 Å². The number of nitrogens with zero attached hydrogens (tertiary/aromatic N) is 2. The van der Waals surface area contributed by atoms with Crippen molar-refractivity contribution in [3.8, 4) is 0 Å². The van der Waals surface area contributed by atoms with Crippen LogP contribution in [0.15, 0.2) is 42.6 Å². The number of fused-ring (bicyclic) bond motifs is 1. The number of carbonyl (C=O) groups excluding carboxylic acids is 3. The molecule has 1 fully saturated rings. The van der Waals surface area contributed by atoms with Crippen LogP contribution in [0.3, 0.4) is 0 Å². The minimum absolute atomic E-state index is 0.0952. The van der Waals surface area contributed by atoms with Gasteiger partial charge in [0.15, 0.2) is 0 Å². The monoisotopic (exact) mass is 505 g/mol. The highest BCUT2D eigenvalue weighted by molar-refractivity contribution is 5.95. The van der Waals surface area contributed by atoms with Crippen molar-refractivity contribution in [1.29, 1.82) is 0 Å². The maximum Gasteiger partial charge on any atom is 0.317 e. The molecule has 9 nitrogen and oxygen atoms in total. The normalized spacial score (nSPS) is 13.9. The highest BCUT2D eigenvalue weighted by atomic mass is 16.5. The molecule has 0 atom stereocenters. The van der Waals surface area contributed by atoms with Crippen molar-refractivity contribution in [2.24, 2.45) is 0 Å². The van der Waals surface area contributed by atoms with E-state index in [0.717, 1.165) is 36.2 Å². The third-order valence-corrected chi connectivity index (χ3v) is 6.74. The van der Waals surface area contributed by atoms with Crippen LogP contribution in [-0.4, -0.2) is 65.6 Å². The van der Waals surface area contributed by atoms with Gasteiger partial charge in [-0.15, -0.1) is 0 Å². The van der Waals surface area contributed by atoms with Crippen molar-refractivity contribution >= 4 is 28.8 Å². The first-order valence-electron chi connectivity index (χ1n) is 13.0. The van der Waals surface area contributed by atoms with Gasteiger partial charge in [-0.2, -0.15) is 0 Å². The summed E-state index contributed by atoms with van der Waals surface area (Å²) in [4.78, 5) is 46.8. The number of nitrogens with one attached hydrogen (secondary N) is 3. The first-order chi connectivity index (χ1) is 18.0. The summed E-state index contributed by atoms with van der Waals surface area (Å²) in [6.07, 6.45) is 4.32. The number of amides is 3. The number of aromatic amines is 1. The third-order valence-electron chi connectivity index (χ3n) is 6.74. The number of benzene rings is 1. The zero-order valence-corrected chi connectivity index (χ0v) is 21.5. The number of esters is 1. The Balaban J connectivity index is 1.31. The van der Waals surface area contributed by atoms with Crippen LogP contribution in [0.1, 0.15) is 59.4 Å². The second kappa shape index (κ2) is 12.4. The number of hydrogen-bond acceptors (Lipinski definition) is 5. The molecule has 0 unspecified atom stereocenters. The summed E-state index contributed by atoms with van der Waals surface area (Å²) in [6.45, 7) is 5.91. The van der Waals surface area contributed by atoms with Crippen LogP contribution in [0.2, 0.25) is 0 Å². The number of hydrogen-bond donors (Lipinski definition) is 3. The molecule has 1 aliphatic heterocycles. The van der Waals surface area contributed by atoms with E-state index >= 15 is 0 Å². The van der Waals surface area contributed by atoms with Gasteiger partial charge in [-0.3, -0.25) is 14.6 Å². The Hall–Kier alpha value is -3.88. The predicted octanol–water partition coefficient (Wildman–Crippen LogP) is 3.69. The first kappa shape index (κ1) is 26.2. The number of pyridine rings is 1. The molecule has 1 saturated heterocycles. The number of aromatic nitrogens is 2. The average Bonchev–Trinajstić information content (AvgIpc) is 3.32. The van der Waals surface area contributed by atoms with Crippen molar-refractivity contribution < 1.29 is 19.1 Å². The molecule has 37 heavy (non-hydrogen) atoms. The molecule has 3 amide bonds. The molecule has 1 aliphatic rings. The van der Waals surface area contributed by atoms with E-state index in [1.165, 1.54) is 10.9 Å². The molecule has 9 heteroatoms. The topological polar surface area (TPSA) is 116 Å². The summed E-state index contributed by atoms with van der Waals surface area (Å²) >= 11 is 0.